The van der Waals surface area contributed by atoms with Crippen molar-refractivity contribution in [3.05, 3.63) is 70.6 Å². The lowest BCUT2D eigenvalue weighted by Gasteiger charge is -2.15. The number of anilines is 1. The number of aromatic nitrogens is 1. The molecule has 0 aliphatic rings. The van der Waals surface area contributed by atoms with Crippen LogP contribution in [0.5, 0.6) is 0 Å². The van der Waals surface area contributed by atoms with Gasteiger partial charge in [0.05, 0.1) is 25.1 Å². The molecule has 28 heavy (non-hydrogen) atoms. The summed E-state index contributed by atoms with van der Waals surface area (Å²) >= 11 is 7.53. The Hall–Kier alpha value is -2.70. The van der Waals surface area contributed by atoms with Gasteiger partial charge in [0.1, 0.15) is 0 Å². The molecule has 0 saturated heterocycles. The molecule has 2 aromatic carbocycles. The predicted molar refractivity (Wildman–Crippen MR) is 111 cm³/mol. The van der Waals surface area contributed by atoms with Crippen LogP contribution in [-0.4, -0.2) is 24.0 Å². The Balaban J connectivity index is 1.74. The highest BCUT2D eigenvalue weighted by molar-refractivity contribution is 7.14. The zero-order chi connectivity index (χ0) is 19.9. The third kappa shape index (κ3) is 5.18. The first-order valence-corrected chi connectivity index (χ1v) is 9.94. The number of hydrogen-bond acceptors (Lipinski definition) is 5. The van der Waals surface area contributed by atoms with Crippen LogP contribution in [0, 0.1) is 5.92 Å². The van der Waals surface area contributed by atoms with Crippen molar-refractivity contribution in [2.45, 2.75) is 12.8 Å². The average molecular weight is 415 g/mol. The van der Waals surface area contributed by atoms with E-state index in [0.717, 1.165) is 11.1 Å². The molecule has 0 bridgehead atoms. The number of carbonyl (C=O) groups excluding carboxylic acids is 2. The van der Waals surface area contributed by atoms with Crippen molar-refractivity contribution >= 4 is 39.9 Å². The fourth-order valence-electron chi connectivity index (χ4n) is 2.77. The van der Waals surface area contributed by atoms with Crippen LogP contribution < -0.4 is 5.32 Å². The van der Waals surface area contributed by atoms with Crippen molar-refractivity contribution in [1.29, 1.82) is 0 Å². The van der Waals surface area contributed by atoms with Gasteiger partial charge in [0.15, 0.2) is 5.13 Å². The molecular formula is C21H19ClN2O3S. The zero-order valence-electron chi connectivity index (χ0n) is 15.2. The number of nitrogens with one attached hydrogen (secondary N) is 1. The second-order valence-electron chi connectivity index (χ2n) is 6.17. The van der Waals surface area contributed by atoms with Crippen LogP contribution in [-0.2, 0) is 20.7 Å². The van der Waals surface area contributed by atoms with E-state index in [4.69, 9.17) is 16.3 Å². The van der Waals surface area contributed by atoms with Crippen molar-refractivity contribution in [1.82, 2.24) is 4.98 Å². The number of benzene rings is 2. The Kier molecular flexibility index (Phi) is 6.79. The monoisotopic (exact) mass is 414 g/mol. The summed E-state index contributed by atoms with van der Waals surface area (Å²) < 4.78 is 4.75. The summed E-state index contributed by atoms with van der Waals surface area (Å²) in [6.07, 6.45) is 0.435. The molecule has 3 aromatic rings. The zero-order valence-corrected chi connectivity index (χ0v) is 16.8. The van der Waals surface area contributed by atoms with Crippen LogP contribution in [0.4, 0.5) is 5.13 Å². The Morgan fingerprint density at radius 1 is 1.14 bits per heavy atom. The molecule has 1 aromatic heterocycles. The minimum atomic E-state index is -0.553. The number of carbonyl (C=O) groups is 2. The Labute approximate surface area is 172 Å². The Morgan fingerprint density at radius 3 is 2.57 bits per heavy atom. The Morgan fingerprint density at radius 2 is 1.86 bits per heavy atom. The molecule has 0 unspecified atom stereocenters. The highest BCUT2D eigenvalue weighted by Crippen LogP contribution is 2.30. The van der Waals surface area contributed by atoms with E-state index in [1.165, 1.54) is 18.4 Å². The lowest BCUT2D eigenvalue weighted by molar-refractivity contribution is -0.143. The summed E-state index contributed by atoms with van der Waals surface area (Å²) in [4.78, 5) is 29.0. The number of rotatable bonds is 7. The molecule has 1 amide bonds. The molecule has 5 nitrogen and oxygen atoms in total. The van der Waals surface area contributed by atoms with Gasteiger partial charge in [-0.2, -0.15) is 0 Å². The van der Waals surface area contributed by atoms with Crippen LogP contribution in [0.15, 0.2) is 60.0 Å². The first-order chi connectivity index (χ1) is 13.6. The van der Waals surface area contributed by atoms with E-state index in [-0.39, 0.29) is 12.3 Å². The number of esters is 1. The second kappa shape index (κ2) is 9.48. The molecule has 1 heterocycles. The van der Waals surface area contributed by atoms with Gasteiger partial charge in [0, 0.05) is 16.0 Å². The van der Waals surface area contributed by atoms with E-state index in [1.54, 1.807) is 6.07 Å². The van der Waals surface area contributed by atoms with E-state index in [2.05, 4.69) is 10.3 Å². The fourth-order valence-corrected chi connectivity index (χ4v) is 3.72. The largest absolute Gasteiger partial charge is 0.469 e. The number of thiazole rings is 1. The third-order valence-electron chi connectivity index (χ3n) is 4.22. The maximum atomic E-state index is 12.8. The molecule has 0 saturated carbocycles. The molecule has 0 radical (unpaired) electrons. The number of methoxy groups -OCH3 is 1. The number of nitrogens with zero attached hydrogens (tertiary/aromatic N) is 1. The molecule has 0 aliphatic carbocycles. The highest BCUT2D eigenvalue weighted by atomic mass is 35.5. The molecule has 144 valence electrons. The predicted octanol–water partition coefficient (Wildman–Crippen LogP) is 4.82. The molecule has 1 atom stereocenters. The topological polar surface area (TPSA) is 68.3 Å². The third-order valence-corrected chi connectivity index (χ3v) is 5.31. The molecule has 0 aliphatic heterocycles. The molecule has 3 rings (SSSR count). The molecule has 0 spiro atoms. The van der Waals surface area contributed by atoms with Gasteiger partial charge >= 0.3 is 5.97 Å². The minimum absolute atomic E-state index is 0.0000264. The fraction of sp³-hybridized carbons (Fsp3) is 0.190. The van der Waals surface area contributed by atoms with Gasteiger partial charge in [0.2, 0.25) is 5.91 Å². The van der Waals surface area contributed by atoms with Gasteiger partial charge in [-0.25, -0.2) is 4.98 Å². The van der Waals surface area contributed by atoms with Crippen LogP contribution in [0.1, 0.15) is 12.0 Å². The van der Waals surface area contributed by atoms with Crippen molar-refractivity contribution < 1.29 is 14.3 Å². The summed E-state index contributed by atoms with van der Waals surface area (Å²) in [6.45, 7) is 0. The lowest BCUT2D eigenvalue weighted by atomic mass is 9.95. The van der Waals surface area contributed by atoms with Gasteiger partial charge in [-0.15, -0.1) is 11.3 Å². The van der Waals surface area contributed by atoms with Crippen molar-refractivity contribution in [3.8, 4) is 11.3 Å². The smallest absolute Gasteiger partial charge is 0.306 e. The van der Waals surface area contributed by atoms with Crippen molar-refractivity contribution in [3.63, 3.8) is 0 Å². The first-order valence-electron chi connectivity index (χ1n) is 8.69. The lowest BCUT2D eigenvalue weighted by Crippen LogP contribution is -2.27. The summed E-state index contributed by atoms with van der Waals surface area (Å²) in [6, 6.07) is 17.0. The SMILES string of the molecule is COC(=O)C[C@@H](Cc1ccccc1)C(=O)Nc1nc(-c2ccccc2Cl)cs1. The van der Waals surface area contributed by atoms with Gasteiger partial charge in [-0.3, -0.25) is 9.59 Å². The molecule has 1 N–H and O–H groups in total. The highest BCUT2D eigenvalue weighted by Gasteiger charge is 2.24. The van der Waals surface area contributed by atoms with Crippen LogP contribution in [0.25, 0.3) is 11.3 Å². The van der Waals surface area contributed by atoms with E-state index in [1.807, 2.05) is 53.9 Å². The average Bonchev–Trinajstić information content (AvgIpc) is 3.16. The van der Waals surface area contributed by atoms with E-state index >= 15 is 0 Å². The maximum absolute atomic E-state index is 12.8. The summed E-state index contributed by atoms with van der Waals surface area (Å²) in [5.74, 6) is -1.25. The summed E-state index contributed by atoms with van der Waals surface area (Å²) in [5.41, 5.74) is 2.47. The van der Waals surface area contributed by atoms with E-state index in [9.17, 15) is 9.59 Å². The van der Waals surface area contributed by atoms with Crippen LogP contribution in [0.2, 0.25) is 5.02 Å². The number of hydrogen-bond donors (Lipinski definition) is 1. The summed E-state index contributed by atoms with van der Waals surface area (Å²) in [7, 11) is 1.32. The number of ether oxygens (including phenoxy) is 1. The first kappa shape index (κ1) is 20.0. The number of amides is 1. The minimum Gasteiger partial charge on any atom is -0.469 e. The van der Waals surface area contributed by atoms with Gasteiger partial charge in [-0.05, 0) is 18.1 Å². The molecule has 0 fully saturated rings. The van der Waals surface area contributed by atoms with Gasteiger partial charge in [-0.1, -0.05) is 60.1 Å². The quantitative estimate of drug-likeness (QED) is 0.562. The van der Waals surface area contributed by atoms with Crippen LogP contribution in [0.3, 0.4) is 0 Å². The normalized spacial score (nSPS) is 11.6. The van der Waals surface area contributed by atoms with Crippen LogP contribution >= 0.6 is 22.9 Å². The van der Waals surface area contributed by atoms with Gasteiger partial charge < -0.3 is 10.1 Å². The second-order valence-corrected chi connectivity index (χ2v) is 7.44. The Bertz CT molecular complexity index is 959. The standard InChI is InChI=1S/C21H19ClN2O3S/c1-27-19(25)12-15(11-14-7-3-2-4-8-14)20(26)24-21-23-18(13-28-21)16-9-5-6-10-17(16)22/h2-10,13,15H,11-12H2,1H3,(H,23,24,26)/t15-/m1/s1. The summed E-state index contributed by atoms with van der Waals surface area (Å²) in [5, 5.41) is 5.71. The molecule has 7 heteroatoms. The van der Waals surface area contributed by atoms with Crippen molar-refractivity contribution in [2.24, 2.45) is 5.92 Å². The maximum Gasteiger partial charge on any atom is 0.306 e. The van der Waals surface area contributed by atoms with Crippen molar-refractivity contribution in [2.75, 3.05) is 12.4 Å². The van der Waals surface area contributed by atoms with E-state index in [0.29, 0.717) is 22.3 Å². The van der Waals surface area contributed by atoms with Gasteiger partial charge in [0.25, 0.3) is 0 Å². The number of halogens is 1. The van der Waals surface area contributed by atoms with E-state index < -0.39 is 11.9 Å². The molecular weight excluding hydrogens is 396 g/mol.